The quantitative estimate of drug-likeness (QED) is 0.332. The lowest BCUT2D eigenvalue weighted by atomic mass is 10.1. The van der Waals surface area contributed by atoms with E-state index < -0.39 is 0 Å². The second kappa shape index (κ2) is 11.2. The molecule has 9 heteroatoms. The zero-order valence-corrected chi connectivity index (χ0v) is 20.3. The molecule has 2 amide bonds. The topological polar surface area (TPSA) is 88.9 Å². The zero-order chi connectivity index (χ0) is 24.0. The molecule has 2 N–H and O–H groups in total. The van der Waals surface area contributed by atoms with Gasteiger partial charge in [-0.25, -0.2) is 0 Å². The van der Waals surface area contributed by atoms with Crippen LogP contribution in [0.25, 0.3) is 0 Å². The Labute approximate surface area is 202 Å². The summed E-state index contributed by atoms with van der Waals surface area (Å²) in [6, 6.07) is 12.4. The second-order valence-electron chi connectivity index (χ2n) is 7.55. The number of anilines is 1. The molecular weight excluding hydrogens is 458 g/mol. The van der Waals surface area contributed by atoms with Crippen molar-refractivity contribution in [2.24, 2.45) is 0 Å². The van der Waals surface area contributed by atoms with Gasteiger partial charge in [-0.3, -0.25) is 9.59 Å². The highest BCUT2D eigenvalue weighted by atomic mass is 35.5. The van der Waals surface area contributed by atoms with Gasteiger partial charge in [-0.05, 0) is 50.1 Å². The van der Waals surface area contributed by atoms with Gasteiger partial charge in [0.15, 0.2) is 11.0 Å². The van der Waals surface area contributed by atoms with E-state index in [1.54, 1.807) is 24.3 Å². The number of amides is 2. The summed E-state index contributed by atoms with van der Waals surface area (Å²) in [5.74, 6) is 0.371. The Morgan fingerprint density at radius 1 is 1.18 bits per heavy atom. The molecule has 1 aromatic heterocycles. The number of hydrogen-bond acceptors (Lipinski definition) is 5. The van der Waals surface area contributed by atoms with Gasteiger partial charge in [0, 0.05) is 22.8 Å². The maximum atomic E-state index is 12.7. The number of benzene rings is 2. The minimum Gasteiger partial charge on any atom is -0.342 e. The van der Waals surface area contributed by atoms with E-state index in [1.165, 1.54) is 11.8 Å². The van der Waals surface area contributed by atoms with Crippen LogP contribution >= 0.6 is 23.4 Å². The van der Waals surface area contributed by atoms with E-state index in [2.05, 4.69) is 27.4 Å². The van der Waals surface area contributed by atoms with Crippen LogP contribution < -0.4 is 10.6 Å². The number of carbonyl (C=O) groups excluding carboxylic acids is 2. The molecule has 1 atom stereocenters. The molecule has 0 fully saturated rings. The summed E-state index contributed by atoms with van der Waals surface area (Å²) in [4.78, 5) is 25.2. The van der Waals surface area contributed by atoms with Crippen LogP contribution in [0.5, 0.6) is 0 Å². The fraction of sp³-hybridized carbons (Fsp3) is 0.250. The Bertz CT molecular complexity index is 1180. The molecule has 0 aliphatic rings. The molecule has 3 aromatic rings. The van der Waals surface area contributed by atoms with E-state index in [1.807, 2.05) is 49.6 Å². The molecule has 0 aliphatic carbocycles. The molecule has 0 saturated heterocycles. The highest BCUT2D eigenvalue weighted by molar-refractivity contribution is 7.99. The summed E-state index contributed by atoms with van der Waals surface area (Å²) >= 11 is 7.29. The average Bonchev–Trinajstić information content (AvgIpc) is 3.18. The number of aryl methyl sites for hydroxylation is 2. The van der Waals surface area contributed by atoms with E-state index in [0.29, 0.717) is 33.8 Å². The van der Waals surface area contributed by atoms with Crippen molar-refractivity contribution in [2.45, 2.75) is 38.5 Å². The fourth-order valence-electron chi connectivity index (χ4n) is 3.24. The number of rotatable bonds is 9. The molecule has 3 rings (SSSR count). The number of allylic oxidation sites excluding steroid dienone is 1. The van der Waals surface area contributed by atoms with Gasteiger partial charge in [0.1, 0.15) is 0 Å². The number of hydrogen-bond donors (Lipinski definition) is 2. The summed E-state index contributed by atoms with van der Waals surface area (Å²) in [7, 11) is 0. The third kappa shape index (κ3) is 6.24. The Hall–Kier alpha value is -3.10. The van der Waals surface area contributed by atoms with Crippen LogP contribution in [0.2, 0.25) is 5.02 Å². The molecule has 172 valence electrons. The van der Waals surface area contributed by atoms with E-state index >= 15 is 0 Å². The monoisotopic (exact) mass is 483 g/mol. The van der Waals surface area contributed by atoms with Crippen molar-refractivity contribution in [2.75, 3.05) is 11.1 Å². The van der Waals surface area contributed by atoms with Crippen molar-refractivity contribution in [3.63, 3.8) is 0 Å². The van der Waals surface area contributed by atoms with Crippen molar-refractivity contribution >= 4 is 40.9 Å². The van der Waals surface area contributed by atoms with Crippen LogP contribution in [0.15, 0.2) is 60.3 Å². The SMILES string of the molecule is C=CCn1c(SCC(=O)Nc2cc(Cl)ccc2C)nnc1C(C)NC(=O)c1ccccc1C. The van der Waals surface area contributed by atoms with Crippen molar-refractivity contribution in [1.82, 2.24) is 20.1 Å². The number of carbonyl (C=O) groups is 2. The first kappa shape index (κ1) is 24.5. The smallest absolute Gasteiger partial charge is 0.252 e. The van der Waals surface area contributed by atoms with Gasteiger partial charge < -0.3 is 15.2 Å². The first-order valence-corrected chi connectivity index (χ1v) is 11.8. The number of thioether (sulfide) groups is 1. The average molecular weight is 484 g/mol. The molecule has 1 heterocycles. The normalized spacial score (nSPS) is 11.6. The van der Waals surface area contributed by atoms with Crippen LogP contribution in [0, 0.1) is 13.8 Å². The standard InChI is InChI=1S/C24H26ClN5O2S/c1-5-12-30-22(17(4)26-23(32)19-9-7-6-8-15(19)2)28-29-24(30)33-14-21(31)27-20-13-18(25)11-10-16(20)3/h5-11,13,17H,1,12,14H2,2-4H3,(H,26,32)(H,27,31). The number of aromatic nitrogens is 3. The van der Waals surface area contributed by atoms with Gasteiger partial charge in [-0.2, -0.15) is 0 Å². The molecule has 0 spiro atoms. The van der Waals surface area contributed by atoms with E-state index in [9.17, 15) is 9.59 Å². The number of nitrogens with zero attached hydrogens (tertiary/aromatic N) is 3. The maximum absolute atomic E-state index is 12.7. The summed E-state index contributed by atoms with van der Waals surface area (Å²) < 4.78 is 1.85. The largest absolute Gasteiger partial charge is 0.342 e. The maximum Gasteiger partial charge on any atom is 0.252 e. The molecule has 0 bridgehead atoms. The van der Waals surface area contributed by atoms with Gasteiger partial charge in [-0.1, -0.05) is 53.7 Å². The lowest BCUT2D eigenvalue weighted by molar-refractivity contribution is -0.113. The van der Waals surface area contributed by atoms with Crippen LogP contribution in [-0.4, -0.2) is 32.3 Å². The third-order valence-electron chi connectivity index (χ3n) is 4.99. The van der Waals surface area contributed by atoms with Crippen LogP contribution in [0.1, 0.15) is 40.3 Å². The number of nitrogens with one attached hydrogen (secondary N) is 2. The summed E-state index contributed by atoms with van der Waals surface area (Å²) in [5, 5.41) is 15.5. The highest BCUT2D eigenvalue weighted by Crippen LogP contribution is 2.23. The van der Waals surface area contributed by atoms with E-state index in [-0.39, 0.29) is 23.6 Å². The van der Waals surface area contributed by atoms with Gasteiger partial charge in [-0.15, -0.1) is 16.8 Å². The summed E-state index contributed by atoms with van der Waals surface area (Å²) in [6.45, 7) is 9.90. The fourth-order valence-corrected chi connectivity index (χ4v) is 4.17. The van der Waals surface area contributed by atoms with Gasteiger partial charge in [0.2, 0.25) is 5.91 Å². The van der Waals surface area contributed by atoms with Gasteiger partial charge >= 0.3 is 0 Å². The van der Waals surface area contributed by atoms with Gasteiger partial charge in [0.05, 0.1) is 11.8 Å². The van der Waals surface area contributed by atoms with Gasteiger partial charge in [0.25, 0.3) is 5.91 Å². The van der Waals surface area contributed by atoms with Crippen LogP contribution in [0.4, 0.5) is 5.69 Å². The Morgan fingerprint density at radius 3 is 2.67 bits per heavy atom. The first-order valence-electron chi connectivity index (χ1n) is 10.4. The molecule has 1 unspecified atom stereocenters. The van der Waals surface area contributed by atoms with Crippen molar-refractivity contribution in [1.29, 1.82) is 0 Å². The lowest BCUT2D eigenvalue weighted by Crippen LogP contribution is -2.29. The van der Waals surface area contributed by atoms with Crippen LogP contribution in [-0.2, 0) is 11.3 Å². The van der Waals surface area contributed by atoms with Crippen molar-refractivity contribution in [3.05, 3.63) is 82.7 Å². The highest BCUT2D eigenvalue weighted by Gasteiger charge is 2.21. The number of halogens is 1. The minimum atomic E-state index is -0.387. The van der Waals surface area contributed by atoms with Crippen LogP contribution in [0.3, 0.4) is 0 Å². The van der Waals surface area contributed by atoms with E-state index in [4.69, 9.17) is 11.6 Å². The second-order valence-corrected chi connectivity index (χ2v) is 8.93. The zero-order valence-electron chi connectivity index (χ0n) is 18.8. The summed E-state index contributed by atoms with van der Waals surface area (Å²) in [6.07, 6.45) is 1.72. The third-order valence-corrected chi connectivity index (χ3v) is 6.19. The molecule has 0 saturated carbocycles. The van der Waals surface area contributed by atoms with E-state index in [0.717, 1.165) is 11.1 Å². The lowest BCUT2D eigenvalue weighted by Gasteiger charge is -2.16. The first-order chi connectivity index (χ1) is 15.8. The molecule has 2 aromatic carbocycles. The Balaban J connectivity index is 1.69. The predicted molar refractivity (Wildman–Crippen MR) is 133 cm³/mol. The molecule has 7 nitrogen and oxygen atoms in total. The molecule has 33 heavy (non-hydrogen) atoms. The minimum absolute atomic E-state index is 0.144. The Morgan fingerprint density at radius 2 is 1.94 bits per heavy atom. The summed E-state index contributed by atoms with van der Waals surface area (Å²) in [5.41, 5.74) is 3.11. The molecular formula is C24H26ClN5O2S. The molecule has 0 radical (unpaired) electrons. The molecule has 0 aliphatic heterocycles. The predicted octanol–water partition coefficient (Wildman–Crippen LogP) is 4.96. The van der Waals surface area contributed by atoms with Crippen molar-refractivity contribution in [3.8, 4) is 0 Å². The Kier molecular flexibility index (Phi) is 8.30. The van der Waals surface area contributed by atoms with Crippen molar-refractivity contribution < 1.29 is 9.59 Å².